The van der Waals surface area contributed by atoms with Crippen molar-refractivity contribution < 1.29 is 4.79 Å². The lowest BCUT2D eigenvalue weighted by atomic mass is 10.0. The highest BCUT2D eigenvalue weighted by Gasteiger charge is 2.33. The monoisotopic (exact) mass is 210 g/mol. The minimum absolute atomic E-state index is 0.0346. The number of rotatable bonds is 4. The Morgan fingerprint density at radius 2 is 2.27 bits per heavy atom. The molecule has 2 atom stereocenters. The Kier molecular flexibility index (Phi) is 4.33. The van der Waals surface area contributed by atoms with Crippen LogP contribution in [0, 0.1) is 5.92 Å². The van der Waals surface area contributed by atoms with Crippen molar-refractivity contribution in [1.29, 1.82) is 0 Å². The van der Waals surface area contributed by atoms with E-state index < -0.39 is 0 Å². The van der Waals surface area contributed by atoms with Crippen LogP contribution in [0.3, 0.4) is 0 Å². The van der Waals surface area contributed by atoms with E-state index in [1.54, 1.807) is 6.08 Å². The number of hydrogen-bond acceptors (Lipinski definition) is 2. The third kappa shape index (κ3) is 2.81. The molecule has 2 N–H and O–H groups in total. The maximum Gasteiger partial charge on any atom is 0.227 e. The Hall–Kier alpha value is -0.830. The number of hydrogen-bond donors (Lipinski definition) is 1. The van der Waals surface area contributed by atoms with Crippen molar-refractivity contribution in [2.24, 2.45) is 11.7 Å². The molecule has 1 aliphatic carbocycles. The molecule has 3 heteroatoms. The van der Waals surface area contributed by atoms with Crippen LogP contribution in [0.1, 0.15) is 33.1 Å². The van der Waals surface area contributed by atoms with Crippen LogP contribution >= 0.6 is 0 Å². The van der Waals surface area contributed by atoms with Gasteiger partial charge >= 0.3 is 0 Å². The van der Waals surface area contributed by atoms with Gasteiger partial charge in [-0.3, -0.25) is 4.79 Å². The van der Waals surface area contributed by atoms with Gasteiger partial charge < -0.3 is 10.6 Å². The van der Waals surface area contributed by atoms with E-state index in [4.69, 9.17) is 5.73 Å². The first-order valence-electron chi connectivity index (χ1n) is 5.75. The lowest BCUT2D eigenvalue weighted by Gasteiger charge is -2.29. The maximum absolute atomic E-state index is 12.2. The molecular weight excluding hydrogens is 188 g/mol. The van der Waals surface area contributed by atoms with Gasteiger partial charge in [-0.1, -0.05) is 12.5 Å². The van der Waals surface area contributed by atoms with Crippen LogP contribution in [-0.2, 0) is 4.79 Å². The lowest BCUT2D eigenvalue weighted by Crippen LogP contribution is -2.44. The van der Waals surface area contributed by atoms with E-state index in [2.05, 4.69) is 6.58 Å². The van der Waals surface area contributed by atoms with Gasteiger partial charge in [-0.2, -0.15) is 0 Å². The number of nitrogens with two attached hydrogens (primary N) is 1. The van der Waals surface area contributed by atoms with Gasteiger partial charge in [-0.05, 0) is 26.7 Å². The quantitative estimate of drug-likeness (QED) is 0.715. The maximum atomic E-state index is 12.2. The number of carbonyl (C=O) groups is 1. The topological polar surface area (TPSA) is 46.3 Å². The second kappa shape index (κ2) is 5.31. The van der Waals surface area contributed by atoms with Crippen LogP contribution in [0.5, 0.6) is 0 Å². The van der Waals surface area contributed by atoms with E-state index in [0.29, 0.717) is 6.54 Å². The minimum Gasteiger partial charge on any atom is -0.336 e. The normalized spacial score (nSPS) is 25.6. The van der Waals surface area contributed by atoms with Crippen molar-refractivity contribution in [2.45, 2.75) is 45.2 Å². The largest absolute Gasteiger partial charge is 0.336 e. The Balaban J connectivity index is 2.66. The Bertz CT molecular complexity index is 238. The van der Waals surface area contributed by atoms with Gasteiger partial charge in [0.25, 0.3) is 0 Å². The van der Waals surface area contributed by atoms with Crippen LogP contribution in [0.25, 0.3) is 0 Å². The standard InChI is InChI=1S/C12H22N2O/c1-4-8-14(9(2)3)12(15)10-6-5-7-11(10)13/h4,9-11H,1,5-8,13H2,2-3H3. The average Bonchev–Trinajstić information content (AvgIpc) is 2.59. The zero-order valence-corrected chi connectivity index (χ0v) is 9.78. The van der Waals surface area contributed by atoms with Crippen molar-refractivity contribution in [1.82, 2.24) is 4.90 Å². The number of nitrogens with zero attached hydrogens (tertiary/aromatic N) is 1. The molecule has 1 aliphatic rings. The van der Waals surface area contributed by atoms with Crippen LogP contribution in [0.15, 0.2) is 12.7 Å². The summed E-state index contributed by atoms with van der Waals surface area (Å²) in [4.78, 5) is 14.0. The molecule has 0 aliphatic heterocycles. The van der Waals surface area contributed by atoms with E-state index in [1.807, 2.05) is 18.7 Å². The van der Waals surface area contributed by atoms with Crippen LogP contribution in [0.2, 0.25) is 0 Å². The molecule has 2 unspecified atom stereocenters. The first-order valence-corrected chi connectivity index (χ1v) is 5.75. The summed E-state index contributed by atoms with van der Waals surface area (Å²) < 4.78 is 0. The van der Waals surface area contributed by atoms with E-state index in [-0.39, 0.29) is 23.9 Å². The van der Waals surface area contributed by atoms with Crippen LogP contribution in [-0.4, -0.2) is 29.4 Å². The van der Waals surface area contributed by atoms with Crippen molar-refractivity contribution in [3.8, 4) is 0 Å². The second-order valence-electron chi connectivity index (χ2n) is 4.57. The van der Waals surface area contributed by atoms with Gasteiger partial charge in [-0.25, -0.2) is 0 Å². The lowest BCUT2D eigenvalue weighted by molar-refractivity contribution is -0.136. The van der Waals surface area contributed by atoms with Gasteiger partial charge in [0.1, 0.15) is 0 Å². The zero-order chi connectivity index (χ0) is 11.4. The predicted molar refractivity (Wildman–Crippen MR) is 62.4 cm³/mol. The molecule has 3 nitrogen and oxygen atoms in total. The van der Waals surface area contributed by atoms with E-state index in [9.17, 15) is 4.79 Å². The van der Waals surface area contributed by atoms with Crippen LogP contribution in [0.4, 0.5) is 0 Å². The highest BCUT2D eigenvalue weighted by molar-refractivity contribution is 5.80. The van der Waals surface area contributed by atoms with Crippen molar-refractivity contribution >= 4 is 5.91 Å². The molecule has 0 heterocycles. The van der Waals surface area contributed by atoms with Gasteiger partial charge in [0.2, 0.25) is 5.91 Å². The molecule has 0 saturated heterocycles. The summed E-state index contributed by atoms with van der Waals surface area (Å²) >= 11 is 0. The molecule has 86 valence electrons. The molecule has 1 rings (SSSR count). The summed E-state index contributed by atoms with van der Waals surface area (Å²) in [6.07, 6.45) is 4.78. The SMILES string of the molecule is C=CCN(C(=O)C1CCCC1N)C(C)C. The molecule has 1 saturated carbocycles. The van der Waals surface area contributed by atoms with E-state index in [1.165, 1.54) is 0 Å². The molecule has 0 aromatic heterocycles. The fourth-order valence-corrected chi connectivity index (χ4v) is 2.20. The number of carbonyl (C=O) groups excluding carboxylic acids is 1. The highest BCUT2D eigenvalue weighted by atomic mass is 16.2. The zero-order valence-electron chi connectivity index (χ0n) is 9.78. The Morgan fingerprint density at radius 3 is 2.67 bits per heavy atom. The van der Waals surface area contributed by atoms with Gasteiger partial charge in [-0.15, -0.1) is 6.58 Å². The molecule has 1 fully saturated rings. The van der Waals surface area contributed by atoms with Gasteiger partial charge in [0, 0.05) is 18.6 Å². The third-order valence-corrected chi connectivity index (χ3v) is 3.12. The summed E-state index contributed by atoms with van der Waals surface area (Å²) in [6, 6.07) is 0.284. The Morgan fingerprint density at radius 1 is 1.60 bits per heavy atom. The van der Waals surface area contributed by atoms with Crippen LogP contribution < -0.4 is 5.73 Å². The molecule has 0 spiro atoms. The average molecular weight is 210 g/mol. The summed E-state index contributed by atoms with van der Waals surface area (Å²) in [5.41, 5.74) is 5.94. The molecule has 1 amide bonds. The summed E-state index contributed by atoms with van der Waals surface area (Å²) in [6.45, 7) is 8.37. The fourth-order valence-electron chi connectivity index (χ4n) is 2.20. The van der Waals surface area contributed by atoms with E-state index >= 15 is 0 Å². The third-order valence-electron chi connectivity index (χ3n) is 3.12. The smallest absolute Gasteiger partial charge is 0.227 e. The molecule has 0 bridgehead atoms. The molecule has 15 heavy (non-hydrogen) atoms. The molecular formula is C12H22N2O. The molecule has 0 radical (unpaired) electrons. The molecule has 0 aromatic carbocycles. The summed E-state index contributed by atoms with van der Waals surface area (Å²) in [5, 5.41) is 0. The predicted octanol–water partition coefficient (Wildman–Crippen LogP) is 1.54. The minimum atomic E-state index is 0.0346. The first-order chi connectivity index (χ1) is 7.07. The van der Waals surface area contributed by atoms with Gasteiger partial charge in [0.15, 0.2) is 0 Å². The summed E-state index contributed by atoms with van der Waals surface area (Å²) in [7, 11) is 0. The summed E-state index contributed by atoms with van der Waals surface area (Å²) in [5.74, 6) is 0.238. The van der Waals surface area contributed by atoms with E-state index in [0.717, 1.165) is 19.3 Å². The van der Waals surface area contributed by atoms with Crippen molar-refractivity contribution in [3.63, 3.8) is 0 Å². The highest BCUT2D eigenvalue weighted by Crippen LogP contribution is 2.26. The fraction of sp³-hybridized carbons (Fsp3) is 0.750. The van der Waals surface area contributed by atoms with Gasteiger partial charge in [0.05, 0.1) is 5.92 Å². The first kappa shape index (κ1) is 12.2. The van der Waals surface area contributed by atoms with Crippen molar-refractivity contribution in [3.05, 3.63) is 12.7 Å². The second-order valence-corrected chi connectivity index (χ2v) is 4.57. The Labute approximate surface area is 92.3 Å². The molecule has 0 aromatic rings. The number of amides is 1. The van der Waals surface area contributed by atoms with Crippen molar-refractivity contribution in [2.75, 3.05) is 6.54 Å².